The maximum Gasteiger partial charge on any atom is 0.305 e. The molecule has 37 heavy (non-hydrogen) atoms. The van der Waals surface area contributed by atoms with Crippen molar-refractivity contribution in [3.05, 3.63) is 0 Å². The van der Waals surface area contributed by atoms with Gasteiger partial charge in [-0.1, -0.05) is 129 Å². The van der Waals surface area contributed by atoms with Crippen LogP contribution in [0.3, 0.4) is 0 Å². The van der Waals surface area contributed by atoms with Crippen molar-refractivity contribution in [3.63, 3.8) is 0 Å². The SMILES string of the molecule is CCCCCCCCCCCCCCCCCCN1CCOC(=O)CCCCCCCCC(=O)OCC1. The van der Waals surface area contributed by atoms with Crippen molar-refractivity contribution < 1.29 is 19.1 Å². The Morgan fingerprint density at radius 2 is 0.865 bits per heavy atom. The average molecular weight is 524 g/mol. The molecule has 218 valence electrons. The molecule has 0 aromatic heterocycles. The number of ether oxygens (including phenoxy) is 2. The molecule has 0 amide bonds. The molecule has 1 fully saturated rings. The summed E-state index contributed by atoms with van der Waals surface area (Å²) in [6.07, 6.45) is 29.2. The van der Waals surface area contributed by atoms with E-state index >= 15 is 0 Å². The van der Waals surface area contributed by atoms with Gasteiger partial charge in [-0.2, -0.15) is 0 Å². The molecule has 0 atom stereocenters. The van der Waals surface area contributed by atoms with Gasteiger partial charge >= 0.3 is 11.9 Å². The van der Waals surface area contributed by atoms with E-state index in [4.69, 9.17) is 9.47 Å². The summed E-state index contributed by atoms with van der Waals surface area (Å²) >= 11 is 0. The van der Waals surface area contributed by atoms with Crippen molar-refractivity contribution in [1.29, 1.82) is 0 Å². The van der Waals surface area contributed by atoms with E-state index in [2.05, 4.69) is 11.8 Å². The zero-order valence-corrected chi connectivity index (χ0v) is 24.6. The van der Waals surface area contributed by atoms with E-state index in [1.54, 1.807) is 0 Å². The summed E-state index contributed by atoms with van der Waals surface area (Å²) in [5, 5.41) is 0. The highest BCUT2D eigenvalue weighted by Crippen LogP contribution is 2.14. The van der Waals surface area contributed by atoms with Crippen LogP contribution in [0.25, 0.3) is 0 Å². The van der Waals surface area contributed by atoms with E-state index in [1.807, 2.05) is 0 Å². The molecule has 1 saturated heterocycles. The first kappa shape index (κ1) is 33.9. The number of hydrogen-bond donors (Lipinski definition) is 0. The van der Waals surface area contributed by atoms with Crippen molar-refractivity contribution in [2.45, 2.75) is 161 Å². The molecule has 1 aliphatic heterocycles. The Kier molecular flexibility index (Phi) is 24.3. The number of carbonyl (C=O) groups excluding carboxylic acids is 2. The lowest BCUT2D eigenvalue weighted by molar-refractivity contribution is -0.144. The molecule has 0 unspecified atom stereocenters. The van der Waals surface area contributed by atoms with Crippen molar-refractivity contribution in [2.75, 3.05) is 32.8 Å². The fourth-order valence-electron chi connectivity index (χ4n) is 5.19. The first-order valence-corrected chi connectivity index (χ1v) is 16.3. The van der Waals surface area contributed by atoms with Gasteiger partial charge in [0, 0.05) is 25.9 Å². The molecular weight excluding hydrogens is 462 g/mol. The molecule has 1 rings (SSSR count). The largest absolute Gasteiger partial charge is 0.464 e. The number of nitrogens with zero attached hydrogens (tertiary/aromatic N) is 1. The fraction of sp³-hybridized carbons (Fsp3) is 0.938. The van der Waals surface area contributed by atoms with Gasteiger partial charge in [0.1, 0.15) is 13.2 Å². The topological polar surface area (TPSA) is 55.8 Å². The summed E-state index contributed by atoms with van der Waals surface area (Å²) in [4.78, 5) is 26.3. The van der Waals surface area contributed by atoms with Crippen molar-refractivity contribution in [3.8, 4) is 0 Å². The second-order valence-corrected chi connectivity index (χ2v) is 11.2. The monoisotopic (exact) mass is 523 g/mol. The number of unbranched alkanes of at least 4 members (excludes halogenated alkanes) is 15. The Hall–Kier alpha value is -1.10. The van der Waals surface area contributed by atoms with E-state index < -0.39 is 0 Å². The van der Waals surface area contributed by atoms with E-state index in [1.165, 1.54) is 96.3 Å². The van der Waals surface area contributed by atoms with Crippen LogP contribution in [0, 0.1) is 0 Å². The summed E-state index contributed by atoms with van der Waals surface area (Å²) in [5.74, 6) is -0.142. The minimum Gasteiger partial charge on any atom is -0.464 e. The van der Waals surface area contributed by atoms with Gasteiger partial charge in [-0.15, -0.1) is 0 Å². The summed E-state index contributed by atoms with van der Waals surface area (Å²) in [6.45, 7) is 5.58. The first-order valence-electron chi connectivity index (χ1n) is 16.3. The van der Waals surface area contributed by atoms with Gasteiger partial charge in [0.2, 0.25) is 0 Å². The van der Waals surface area contributed by atoms with Gasteiger partial charge in [-0.3, -0.25) is 14.5 Å². The van der Waals surface area contributed by atoms with E-state index in [0.717, 1.165) is 64.6 Å². The molecule has 5 heteroatoms. The second kappa shape index (κ2) is 26.5. The number of hydrogen-bond acceptors (Lipinski definition) is 5. The summed E-state index contributed by atoms with van der Waals surface area (Å²) < 4.78 is 10.9. The normalized spacial score (nSPS) is 17.8. The third kappa shape index (κ3) is 23.7. The van der Waals surface area contributed by atoms with Crippen LogP contribution in [0.5, 0.6) is 0 Å². The maximum atomic E-state index is 12.0. The first-order chi connectivity index (χ1) is 18.2. The number of rotatable bonds is 17. The zero-order valence-electron chi connectivity index (χ0n) is 24.6. The molecule has 0 N–H and O–H groups in total. The molecular formula is C32H61NO4. The van der Waals surface area contributed by atoms with Crippen LogP contribution in [0.2, 0.25) is 0 Å². The summed E-state index contributed by atoms with van der Waals surface area (Å²) in [6, 6.07) is 0. The smallest absolute Gasteiger partial charge is 0.305 e. The molecule has 5 nitrogen and oxygen atoms in total. The molecule has 0 aromatic carbocycles. The standard InChI is InChI=1S/C32H61NO4/c1-2-3-4-5-6-7-8-9-10-11-12-13-14-17-20-23-26-33-27-29-36-31(34)24-21-18-15-16-19-22-25-32(35)37-30-28-33/h2-30H2,1H3. The average Bonchev–Trinajstić information content (AvgIpc) is 2.89. The van der Waals surface area contributed by atoms with Gasteiger partial charge in [-0.25, -0.2) is 0 Å². The van der Waals surface area contributed by atoms with Crippen molar-refractivity contribution in [2.24, 2.45) is 0 Å². The molecule has 0 aromatic rings. The Balaban J connectivity index is 2.07. The van der Waals surface area contributed by atoms with Crippen LogP contribution in [0.1, 0.15) is 161 Å². The maximum absolute atomic E-state index is 12.0. The Morgan fingerprint density at radius 1 is 0.514 bits per heavy atom. The minimum atomic E-state index is -0.0712. The highest BCUT2D eigenvalue weighted by molar-refractivity contribution is 5.69. The van der Waals surface area contributed by atoms with Crippen LogP contribution in [-0.2, 0) is 19.1 Å². The summed E-state index contributed by atoms with van der Waals surface area (Å²) in [5.41, 5.74) is 0. The van der Waals surface area contributed by atoms with E-state index in [9.17, 15) is 9.59 Å². The number of carbonyl (C=O) groups is 2. The number of esters is 2. The van der Waals surface area contributed by atoms with E-state index in [-0.39, 0.29) is 11.9 Å². The van der Waals surface area contributed by atoms with Crippen LogP contribution >= 0.6 is 0 Å². The lowest BCUT2D eigenvalue weighted by Crippen LogP contribution is -2.33. The van der Waals surface area contributed by atoms with Gasteiger partial charge in [-0.05, 0) is 25.8 Å². The quantitative estimate of drug-likeness (QED) is 0.141. The molecule has 1 heterocycles. The third-order valence-electron chi connectivity index (χ3n) is 7.68. The Bertz CT molecular complexity index is 497. The molecule has 0 spiro atoms. The zero-order chi connectivity index (χ0) is 26.7. The molecule has 0 radical (unpaired) electrons. The van der Waals surface area contributed by atoms with Crippen molar-refractivity contribution >= 4 is 11.9 Å². The highest BCUT2D eigenvalue weighted by Gasteiger charge is 2.10. The van der Waals surface area contributed by atoms with Crippen LogP contribution < -0.4 is 0 Å². The van der Waals surface area contributed by atoms with Crippen LogP contribution in [-0.4, -0.2) is 49.7 Å². The van der Waals surface area contributed by atoms with Crippen LogP contribution in [0.15, 0.2) is 0 Å². The van der Waals surface area contributed by atoms with Crippen LogP contribution in [0.4, 0.5) is 0 Å². The molecule has 1 aliphatic rings. The number of cyclic esters (lactones) is 2. The highest BCUT2D eigenvalue weighted by atomic mass is 16.5. The lowest BCUT2D eigenvalue weighted by Gasteiger charge is -2.22. The molecule has 0 saturated carbocycles. The predicted octanol–water partition coefficient (Wildman–Crippen LogP) is 8.77. The van der Waals surface area contributed by atoms with Gasteiger partial charge in [0.25, 0.3) is 0 Å². The minimum absolute atomic E-state index is 0.0712. The van der Waals surface area contributed by atoms with Crippen molar-refractivity contribution in [1.82, 2.24) is 4.90 Å². The lowest BCUT2D eigenvalue weighted by atomic mass is 10.0. The Labute approximate surface area is 229 Å². The third-order valence-corrected chi connectivity index (χ3v) is 7.68. The Morgan fingerprint density at radius 3 is 1.27 bits per heavy atom. The van der Waals surface area contributed by atoms with E-state index in [0.29, 0.717) is 26.1 Å². The van der Waals surface area contributed by atoms with Gasteiger partial charge in [0.05, 0.1) is 0 Å². The molecule has 0 bridgehead atoms. The fourth-order valence-corrected chi connectivity index (χ4v) is 5.19. The second-order valence-electron chi connectivity index (χ2n) is 11.2. The van der Waals surface area contributed by atoms with Gasteiger partial charge < -0.3 is 9.47 Å². The summed E-state index contributed by atoms with van der Waals surface area (Å²) in [7, 11) is 0. The molecule has 0 aliphatic carbocycles. The predicted molar refractivity (Wildman–Crippen MR) is 155 cm³/mol. The van der Waals surface area contributed by atoms with Gasteiger partial charge in [0.15, 0.2) is 0 Å².